The number of amides is 1. The highest BCUT2D eigenvalue weighted by atomic mass is 16.5. The van der Waals surface area contributed by atoms with E-state index in [1.807, 2.05) is 37.8 Å². The van der Waals surface area contributed by atoms with E-state index in [2.05, 4.69) is 0 Å². The minimum Gasteiger partial charge on any atom is -0.491 e. The van der Waals surface area contributed by atoms with E-state index < -0.39 is 0 Å². The molecule has 19 heavy (non-hydrogen) atoms. The van der Waals surface area contributed by atoms with E-state index in [-0.39, 0.29) is 18.5 Å². The Morgan fingerprint density at radius 3 is 2.63 bits per heavy atom. The Balaban J connectivity index is 2.99. The second-order valence-corrected chi connectivity index (χ2v) is 4.76. The fourth-order valence-electron chi connectivity index (χ4n) is 1.78. The number of primary amides is 1. The second-order valence-electron chi connectivity index (χ2n) is 4.76. The molecule has 1 amide bonds. The van der Waals surface area contributed by atoms with Crippen LogP contribution in [-0.4, -0.2) is 25.1 Å². The summed E-state index contributed by atoms with van der Waals surface area (Å²) in [6, 6.07) is 5.68. The molecule has 0 fully saturated rings. The fraction of sp³-hybridized carbons (Fsp3) is 0.500. The molecule has 0 radical (unpaired) electrons. The minimum absolute atomic E-state index is 0.162. The van der Waals surface area contributed by atoms with Crippen molar-refractivity contribution in [2.75, 3.05) is 23.8 Å². The monoisotopic (exact) mass is 265 g/mol. The lowest BCUT2D eigenvalue weighted by Gasteiger charge is -2.28. The average molecular weight is 265 g/mol. The first kappa shape index (κ1) is 15.1. The molecule has 4 N–H and O–H groups in total. The van der Waals surface area contributed by atoms with E-state index in [1.54, 1.807) is 6.07 Å². The third-order valence-electron chi connectivity index (χ3n) is 2.74. The van der Waals surface area contributed by atoms with Crippen molar-refractivity contribution in [1.82, 2.24) is 0 Å². The van der Waals surface area contributed by atoms with Gasteiger partial charge in [-0.2, -0.15) is 0 Å². The van der Waals surface area contributed by atoms with E-state index in [0.717, 1.165) is 12.1 Å². The number of benzene rings is 1. The molecule has 0 spiro atoms. The van der Waals surface area contributed by atoms with Gasteiger partial charge in [-0.05, 0) is 32.4 Å². The van der Waals surface area contributed by atoms with Crippen molar-refractivity contribution in [2.24, 2.45) is 5.73 Å². The maximum absolute atomic E-state index is 11.1. The largest absolute Gasteiger partial charge is 0.491 e. The third kappa shape index (κ3) is 4.35. The van der Waals surface area contributed by atoms with Crippen molar-refractivity contribution < 1.29 is 9.53 Å². The molecule has 106 valence electrons. The molecule has 1 aromatic rings. The Labute approximate surface area is 114 Å². The van der Waals surface area contributed by atoms with Gasteiger partial charge in [-0.25, -0.2) is 0 Å². The smallest absolute Gasteiger partial charge is 0.236 e. The molecule has 1 rings (SSSR count). The normalized spacial score (nSPS) is 10.5. The van der Waals surface area contributed by atoms with Gasteiger partial charge in [-0.3, -0.25) is 4.79 Å². The van der Waals surface area contributed by atoms with Gasteiger partial charge in [0.25, 0.3) is 0 Å². The minimum atomic E-state index is -0.360. The van der Waals surface area contributed by atoms with Crippen LogP contribution in [-0.2, 0) is 4.79 Å². The van der Waals surface area contributed by atoms with Crippen molar-refractivity contribution >= 4 is 17.3 Å². The summed E-state index contributed by atoms with van der Waals surface area (Å²) in [6.45, 7) is 6.84. The summed E-state index contributed by atoms with van der Waals surface area (Å²) in [6.07, 6.45) is 0.916. The summed E-state index contributed by atoms with van der Waals surface area (Å²) in [5, 5.41) is 0. The van der Waals surface area contributed by atoms with Gasteiger partial charge >= 0.3 is 0 Å². The zero-order chi connectivity index (χ0) is 14.4. The van der Waals surface area contributed by atoms with Crippen LogP contribution < -0.4 is 21.1 Å². The molecular weight excluding hydrogens is 242 g/mol. The second kappa shape index (κ2) is 6.87. The summed E-state index contributed by atoms with van der Waals surface area (Å²) in [7, 11) is 0. The number of rotatable bonds is 7. The molecule has 5 nitrogen and oxygen atoms in total. The molecule has 0 aliphatic heterocycles. The van der Waals surface area contributed by atoms with Gasteiger partial charge in [0.05, 0.1) is 18.8 Å². The summed E-state index contributed by atoms with van der Waals surface area (Å²) in [4.78, 5) is 13.1. The zero-order valence-electron chi connectivity index (χ0n) is 11.8. The van der Waals surface area contributed by atoms with Crippen molar-refractivity contribution in [1.29, 1.82) is 0 Å². The van der Waals surface area contributed by atoms with E-state index in [9.17, 15) is 4.79 Å². The molecule has 0 aromatic heterocycles. The summed E-state index contributed by atoms with van der Waals surface area (Å²) in [5.74, 6) is 0.288. The van der Waals surface area contributed by atoms with E-state index in [4.69, 9.17) is 16.2 Å². The molecule has 0 aliphatic carbocycles. The molecule has 0 heterocycles. The first-order valence-electron chi connectivity index (χ1n) is 6.53. The highest BCUT2D eigenvalue weighted by Crippen LogP contribution is 2.28. The van der Waals surface area contributed by atoms with Gasteiger partial charge in [-0.1, -0.05) is 6.92 Å². The molecule has 0 atom stereocenters. The van der Waals surface area contributed by atoms with E-state index in [0.29, 0.717) is 18.0 Å². The van der Waals surface area contributed by atoms with Crippen LogP contribution in [0.2, 0.25) is 0 Å². The van der Waals surface area contributed by atoms with Crippen LogP contribution >= 0.6 is 0 Å². The molecule has 5 heteroatoms. The Kier molecular flexibility index (Phi) is 5.48. The number of carbonyl (C=O) groups is 1. The number of nitrogens with two attached hydrogens (primary N) is 2. The number of anilines is 2. The maximum Gasteiger partial charge on any atom is 0.236 e. The zero-order valence-corrected chi connectivity index (χ0v) is 11.8. The molecular formula is C14H23N3O2. The Morgan fingerprint density at radius 2 is 2.11 bits per heavy atom. The topological polar surface area (TPSA) is 81.6 Å². The van der Waals surface area contributed by atoms with Crippen LogP contribution in [0.3, 0.4) is 0 Å². The lowest BCUT2D eigenvalue weighted by Crippen LogP contribution is -2.38. The Hall–Kier alpha value is -1.91. The van der Waals surface area contributed by atoms with Crippen LogP contribution in [0, 0.1) is 0 Å². The number of carbonyl (C=O) groups excluding carboxylic acids is 1. The van der Waals surface area contributed by atoms with Gasteiger partial charge in [0.2, 0.25) is 5.91 Å². The highest BCUT2D eigenvalue weighted by Gasteiger charge is 2.14. The molecule has 0 unspecified atom stereocenters. The standard InChI is InChI=1S/C14H23N3O2/c1-4-7-19-13-8-11(5-6-12(13)15)17(10(2)3)9-14(16)18/h5-6,8,10H,4,7,9,15H2,1-3H3,(H2,16,18). The predicted octanol–water partition coefficient (Wildman–Crippen LogP) is 1.76. The lowest BCUT2D eigenvalue weighted by molar-refractivity contribution is -0.116. The summed E-state index contributed by atoms with van der Waals surface area (Å²) < 4.78 is 5.59. The Morgan fingerprint density at radius 1 is 1.42 bits per heavy atom. The van der Waals surface area contributed by atoms with Crippen molar-refractivity contribution in [3.05, 3.63) is 18.2 Å². The van der Waals surface area contributed by atoms with Gasteiger partial charge in [-0.15, -0.1) is 0 Å². The number of nitrogens with zero attached hydrogens (tertiary/aromatic N) is 1. The maximum atomic E-state index is 11.1. The first-order chi connectivity index (χ1) is 8.95. The number of ether oxygens (including phenoxy) is 1. The number of hydrogen-bond acceptors (Lipinski definition) is 4. The Bertz CT molecular complexity index is 433. The average Bonchev–Trinajstić information content (AvgIpc) is 2.34. The quantitative estimate of drug-likeness (QED) is 0.736. The fourth-order valence-corrected chi connectivity index (χ4v) is 1.78. The van der Waals surface area contributed by atoms with Crippen LogP contribution in [0.4, 0.5) is 11.4 Å². The number of hydrogen-bond donors (Lipinski definition) is 2. The predicted molar refractivity (Wildman–Crippen MR) is 78.3 cm³/mol. The highest BCUT2D eigenvalue weighted by molar-refractivity contribution is 5.80. The van der Waals surface area contributed by atoms with Crippen LogP contribution in [0.15, 0.2) is 18.2 Å². The van der Waals surface area contributed by atoms with Crippen LogP contribution in [0.25, 0.3) is 0 Å². The summed E-state index contributed by atoms with van der Waals surface area (Å²) >= 11 is 0. The summed E-state index contributed by atoms with van der Waals surface area (Å²) in [5.41, 5.74) is 12.6. The van der Waals surface area contributed by atoms with Gasteiger partial charge < -0.3 is 21.1 Å². The van der Waals surface area contributed by atoms with Crippen LogP contribution in [0.5, 0.6) is 5.75 Å². The molecule has 0 saturated heterocycles. The van der Waals surface area contributed by atoms with Crippen LogP contribution in [0.1, 0.15) is 27.2 Å². The van der Waals surface area contributed by atoms with E-state index >= 15 is 0 Å². The SMILES string of the molecule is CCCOc1cc(N(CC(N)=O)C(C)C)ccc1N. The molecule has 0 bridgehead atoms. The molecule has 0 saturated carbocycles. The number of nitrogen functional groups attached to an aromatic ring is 1. The first-order valence-corrected chi connectivity index (χ1v) is 6.53. The molecule has 1 aromatic carbocycles. The molecule has 0 aliphatic rings. The third-order valence-corrected chi connectivity index (χ3v) is 2.74. The van der Waals surface area contributed by atoms with Gasteiger partial charge in [0.15, 0.2) is 0 Å². The van der Waals surface area contributed by atoms with Crippen molar-refractivity contribution in [3.63, 3.8) is 0 Å². The van der Waals surface area contributed by atoms with Gasteiger partial charge in [0, 0.05) is 17.8 Å². The lowest BCUT2D eigenvalue weighted by atomic mass is 10.2. The van der Waals surface area contributed by atoms with Crippen molar-refractivity contribution in [3.8, 4) is 5.75 Å². The van der Waals surface area contributed by atoms with Gasteiger partial charge in [0.1, 0.15) is 5.75 Å². The van der Waals surface area contributed by atoms with E-state index in [1.165, 1.54) is 0 Å². The van der Waals surface area contributed by atoms with Crippen molar-refractivity contribution in [2.45, 2.75) is 33.2 Å².